The van der Waals surface area contributed by atoms with E-state index in [1.807, 2.05) is 0 Å². The third-order valence-electron chi connectivity index (χ3n) is 4.34. The average molecular weight is 195 g/mol. The summed E-state index contributed by atoms with van der Waals surface area (Å²) in [5.41, 5.74) is 0. The Bertz CT molecular complexity index is 212. The Morgan fingerprint density at radius 3 is 2.79 bits per heavy atom. The van der Waals surface area contributed by atoms with Gasteiger partial charge in [0.2, 0.25) is 0 Å². The SMILES string of the molecule is CC(NC1CC[C@H]2C[C@@H]12)C1CCCO1. The molecule has 80 valence electrons. The van der Waals surface area contributed by atoms with Crippen molar-refractivity contribution in [2.75, 3.05) is 6.61 Å². The molecule has 0 aromatic carbocycles. The van der Waals surface area contributed by atoms with Crippen LogP contribution in [0, 0.1) is 11.8 Å². The summed E-state index contributed by atoms with van der Waals surface area (Å²) in [6.07, 6.45) is 7.39. The Balaban J connectivity index is 1.50. The van der Waals surface area contributed by atoms with Crippen LogP contribution in [0.1, 0.15) is 39.0 Å². The molecule has 2 aliphatic carbocycles. The van der Waals surface area contributed by atoms with Gasteiger partial charge in [0.05, 0.1) is 6.10 Å². The van der Waals surface area contributed by atoms with Gasteiger partial charge in [0.15, 0.2) is 0 Å². The second-order valence-corrected chi connectivity index (χ2v) is 5.35. The molecule has 0 aromatic rings. The van der Waals surface area contributed by atoms with Gasteiger partial charge in [-0.25, -0.2) is 0 Å². The first-order valence-electron chi connectivity index (χ1n) is 6.22. The topological polar surface area (TPSA) is 21.3 Å². The standard InChI is InChI=1S/C12H21NO/c1-8(12-3-2-6-14-12)13-11-5-4-9-7-10(9)11/h8-13H,2-7H2,1H3/t8?,9-,10+,11?,12?/m0/s1. The molecule has 1 saturated heterocycles. The van der Waals surface area contributed by atoms with Gasteiger partial charge in [0, 0.05) is 18.7 Å². The minimum atomic E-state index is 0.493. The van der Waals surface area contributed by atoms with Crippen molar-refractivity contribution < 1.29 is 4.74 Å². The van der Waals surface area contributed by atoms with Gasteiger partial charge in [-0.2, -0.15) is 0 Å². The lowest BCUT2D eigenvalue weighted by molar-refractivity contribution is 0.0789. The highest BCUT2D eigenvalue weighted by Gasteiger charge is 2.48. The fourth-order valence-corrected chi connectivity index (χ4v) is 3.35. The summed E-state index contributed by atoms with van der Waals surface area (Å²) >= 11 is 0. The summed E-state index contributed by atoms with van der Waals surface area (Å²) in [6, 6.07) is 1.39. The van der Waals surface area contributed by atoms with Crippen LogP contribution in [-0.4, -0.2) is 24.8 Å². The molecule has 3 aliphatic rings. The van der Waals surface area contributed by atoms with Crippen LogP contribution in [0.4, 0.5) is 0 Å². The summed E-state index contributed by atoms with van der Waals surface area (Å²) in [5, 5.41) is 3.79. The Labute approximate surface area is 86.4 Å². The molecule has 5 atom stereocenters. The van der Waals surface area contributed by atoms with Gasteiger partial charge in [0.1, 0.15) is 0 Å². The fourth-order valence-electron chi connectivity index (χ4n) is 3.35. The lowest BCUT2D eigenvalue weighted by Gasteiger charge is -2.25. The predicted molar refractivity (Wildman–Crippen MR) is 56.2 cm³/mol. The molecule has 0 amide bonds. The van der Waals surface area contributed by atoms with E-state index in [0.29, 0.717) is 12.1 Å². The molecule has 3 fully saturated rings. The van der Waals surface area contributed by atoms with Crippen molar-refractivity contribution in [1.29, 1.82) is 0 Å². The van der Waals surface area contributed by atoms with Gasteiger partial charge in [-0.05, 0) is 50.9 Å². The van der Waals surface area contributed by atoms with E-state index in [-0.39, 0.29) is 0 Å². The lowest BCUT2D eigenvalue weighted by atomic mass is 10.1. The number of rotatable bonds is 3. The zero-order valence-electron chi connectivity index (χ0n) is 9.04. The van der Waals surface area contributed by atoms with Gasteiger partial charge in [-0.1, -0.05) is 0 Å². The number of ether oxygens (including phenoxy) is 1. The number of hydrogen-bond acceptors (Lipinski definition) is 2. The van der Waals surface area contributed by atoms with Crippen molar-refractivity contribution in [1.82, 2.24) is 5.32 Å². The third-order valence-corrected chi connectivity index (χ3v) is 4.34. The van der Waals surface area contributed by atoms with Crippen LogP contribution in [0.25, 0.3) is 0 Å². The normalized spacial score (nSPS) is 47.8. The van der Waals surface area contributed by atoms with E-state index >= 15 is 0 Å². The smallest absolute Gasteiger partial charge is 0.0726 e. The maximum atomic E-state index is 5.71. The minimum Gasteiger partial charge on any atom is -0.377 e. The van der Waals surface area contributed by atoms with Crippen molar-refractivity contribution >= 4 is 0 Å². The first-order valence-corrected chi connectivity index (χ1v) is 6.22. The Kier molecular flexibility index (Phi) is 2.29. The lowest BCUT2D eigenvalue weighted by Crippen LogP contribution is -2.43. The molecular weight excluding hydrogens is 174 g/mol. The highest BCUT2D eigenvalue weighted by molar-refractivity contribution is 5.02. The van der Waals surface area contributed by atoms with E-state index in [1.165, 1.54) is 32.1 Å². The Morgan fingerprint density at radius 2 is 2.21 bits per heavy atom. The van der Waals surface area contributed by atoms with Crippen molar-refractivity contribution in [2.24, 2.45) is 11.8 Å². The van der Waals surface area contributed by atoms with E-state index in [4.69, 9.17) is 4.74 Å². The second-order valence-electron chi connectivity index (χ2n) is 5.35. The number of nitrogens with one attached hydrogen (secondary N) is 1. The van der Waals surface area contributed by atoms with Crippen molar-refractivity contribution in [2.45, 2.75) is 57.2 Å². The van der Waals surface area contributed by atoms with Crippen molar-refractivity contribution in [3.05, 3.63) is 0 Å². The van der Waals surface area contributed by atoms with Gasteiger partial charge >= 0.3 is 0 Å². The molecule has 0 spiro atoms. The molecule has 0 aromatic heterocycles. The molecule has 1 N–H and O–H groups in total. The Hall–Kier alpha value is -0.0800. The van der Waals surface area contributed by atoms with Crippen LogP contribution >= 0.6 is 0 Å². The van der Waals surface area contributed by atoms with Crippen LogP contribution in [0.3, 0.4) is 0 Å². The molecule has 2 nitrogen and oxygen atoms in total. The monoisotopic (exact) mass is 195 g/mol. The molecular formula is C12H21NO. The maximum absolute atomic E-state index is 5.71. The second kappa shape index (κ2) is 3.49. The first-order chi connectivity index (χ1) is 6.84. The first kappa shape index (κ1) is 9.17. The highest BCUT2D eigenvalue weighted by Crippen LogP contribution is 2.51. The van der Waals surface area contributed by atoms with Crippen LogP contribution in [0.2, 0.25) is 0 Å². The molecule has 0 bridgehead atoms. The van der Waals surface area contributed by atoms with Crippen molar-refractivity contribution in [3.8, 4) is 0 Å². The summed E-state index contributed by atoms with van der Waals surface area (Å²) < 4.78 is 5.71. The zero-order chi connectivity index (χ0) is 9.54. The van der Waals surface area contributed by atoms with E-state index in [9.17, 15) is 0 Å². The third kappa shape index (κ3) is 1.59. The quantitative estimate of drug-likeness (QED) is 0.743. The van der Waals surface area contributed by atoms with Gasteiger partial charge in [0.25, 0.3) is 0 Å². The fraction of sp³-hybridized carbons (Fsp3) is 1.00. The molecule has 1 heterocycles. The maximum Gasteiger partial charge on any atom is 0.0726 e. The largest absolute Gasteiger partial charge is 0.377 e. The van der Waals surface area contributed by atoms with Gasteiger partial charge < -0.3 is 10.1 Å². The average Bonchev–Trinajstić information content (AvgIpc) is 2.66. The van der Waals surface area contributed by atoms with Crippen molar-refractivity contribution in [3.63, 3.8) is 0 Å². The van der Waals surface area contributed by atoms with Crippen LogP contribution in [0.5, 0.6) is 0 Å². The van der Waals surface area contributed by atoms with E-state index < -0.39 is 0 Å². The van der Waals surface area contributed by atoms with Crippen LogP contribution in [-0.2, 0) is 4.74 Å². The summed E-state index contributed by atoms with van der Waals surface area (Å²) in [7, 11) is 0. The van der Waals surface area contributed by atoms with Gasteiger partial charge in [-0.15, -0.1) is 0 Å². The molecule has 14 heavy (non-hydrogen) atoms. The van der Waals surface area contributed by atoms with Crippen LogP contribution < -0.4 is 5.32 Å². The minimum absolute atomic E-state index is 0.493. The van der Waals surface area contributed by atoms with E-state index in [1.54, 1.807) is 0 Å². The predicted octanol–water partition coefficient (Wildman–Crippen LogP) is 1.94. The molecule has 3 unspecified atom stereocenters. The highest BCUT2D eigenvalue weighted by atomic mass is 16.5. The zero-order valence-corrected chi connectivity index (χ0v) is 9.04. The van der Waals surface area contributed by atoms with Gasteiger partial charge in [-0.3, -0.25) is 0 Å². The summed E-state index contributed by atoms with van der Waals surface area (Å²) in [4.78, 5) is 0. The molecule has 0 radical (unpaired) electrons. The summed E-state index contributed by atoms with van der Waals surface area (Å²) in [6.45, 7) is 3.28. The number of hydrogen-bond donors (Lipinski definition) is 1. The van der Waals surface area contributed by atoms with E-state index in [2.05, 4.69) is 12.2 Å². The molecule has 1 aliphatic heterocycles. The summed E-state index contributed by atoms with van der Waals surface area (Å²) in [5.74, 6) is 2.11. The molecule has 2 saturated carbocycles. The number of fused-ring (bicyclic) bond motifs is 1. The van der Waals surface area contributed by atoms with E-state index in [0.717, 1.165) is 24.5 Å². The Morgan fingerprint density at radius 1 is 1.29 bits per heavy atom. The molecule has 2 heteroatoms. The molecule has 3 rings (SSSR count). The van der Waals surface area contributed by atoms with Crippen LogP contribution in [0.15, 0.2) is 0 Å².